The number of benzene rings is 1. The zero-order chi connectivity index (χ0) is 14.5. The van der Waals surface area contributed by atoms with Crippen molar-refractivity contribution in [2.75, 3.05) is 0 Å². The van der Waals surface area contributed by atoms with Gasteiger partial charge in [0.05, 0.1) is 6.54 Å². The molecule has 7 heteroatoms. The van der Waals surface area contributed by atoms with E-state index in [1.54, 1.807) is 12.1 Å². The van der Waals surface area contributed by atoms with Gasteiger partial charge in [0.15, 0.2) is 5.82 Å². The highest BCUT2D eigenvalue weighted by atomic mass is 19.3. The maximum Gasteiger partial charge on any atom is 0.387 e. The maximum absolute atomic E-state index is 12.2. The van der Waals surface area contributed by atoms with Crippen LogP contribution in [0.4, 0.5) is 8.78 Å². The van der Waals surface area contributed by atoms with Crippen LogP contribution < -0.4 is 10.1 Å². The number of alkyl halides is 2. The van der Waals surface area contributed by atoms with Crippen LogP contribution in [0, 0.1) is 0 Å². The number of aromatic nitrogens is 2. The van der Waals surface area contributed by atoms with Gasteiger partial charge in [-0.1, -0.05) is 25.1 Å². The molecule has 0 radical (unpaired) electrons. The summed E-state index contributed by atoms with van der Waals surface area (Å²) in [7, 11) is 0. The van der Waals surface area contributed by atoms with Crippen LogP contribution in [0.3, 0.4) is 0 Å². The number of hydrogen-bond donors (Lipinski definition) is 1. The summed E-state index contributed by atoms with van der Waals surface area (Å²) in [6.45, 7) is 1.63. The molecule has 0 bridgehead atoms. The van der Waals surface area contributed by atoms with Gasteiger partial charge in [-0.25, -0.2) is 0 Å². The van der Waals surface area contributed by atoms with E-state index in [9.17, 15) is 8.78 Å². The second-order valence-electron chi connectivity index (χ2n) is 4.46. The summed E-state index contributed by atoms with van der Waals surface area (Å²) in [5.41, 5.74) is 0.534. The number of halogens is 2. The van der Waals surface area contributed by atoms with Crippen LogP contribution in [0.15, 0.2) is 28.8 Å². The molecule has 0 atom stereocenters. The fraction of sp³-hybridized carbons (Fsp3) is 0.385. The molecule has 1 aromatic heterocycles. The van der Waals surface area contributed by atoms with Gasteiger partial charge < -0.3 is 14.6 Å². The maximum atomic E-state index is 12.2. The summed E-state index contributed by atoms with van der Waals surface area (Å²) in [5, 5.41) is 6.97. The average Bonchev–Trinajstić information content (AvgIpc) is 2.84. The first-order valence-corrected chi connectivity index (χ1v) is 6.16. The molecule has 1 heterocycles. The van der Waals surface area contributed by atoms with E-state index >= 15 is 0 Å². The third-order valence-corrected chi connectivity index (χ3v) is 2.44. The van der Waals surface area contributed by atoms with Crippen molar-refractivity contribution < 1.29 is 18.0 Å². The highest BCUT2D eigenvalue weighted by Gasteiger charge is 2.11. The number of nitrogens with one attached hydrogen (secondary N) is 1. The lowest BCUT2D eigenvalue weighted by molar-refractivity contribution is -0.0498. The van der Waals surface area contributed by atoms with E-state index in [4.69, 9.17) is 4.52 Å². The van der Waals surface area contributed by atoms with Gasteiger partial charge in [0.25, 0.3) is 5.89 Å². The van der Waals surface area contributed by atoms with Crippen molar-refractivity contribution in [3.63, 3.8) is 0 Å². The monoisotopic (exact) mass is 283 g/mol. The molecule has 0 amide bonds. The lowest BCUT2D eigenvalue weighted by Crippen LogP contribution is -2.22. The Morgan fingerprint density at radius 2 is 2.15 bits per heavy atom. The third kappa shape index (κ3) is 3.99. The molecule has 0 aliphatic carbocycles. The van der Waals surface area contributed by atoms with E-state index in [0.717, 1.165) is 0 Å². The first-order valence-electron chi connectivity index (χ1n) is 6.16. The normalized spacial score (nSPS) is 11.3. The standard InChI is InChI=1S/C13H15F2N3O2/c1-8(2)16-7-11-17-12(20-18-11)9-4-3-5-10(6-9)19-13(14)15/h3-6,8,13,16H,7H2,1-2H3. The number of rotatable bonds is 6. The molecule has 1 N–H and O–H groups in total. The number of nitrogens with zero attached hydrogens (tertiary/aromatic N) is 2. The molecule has 2 rings (SSSR count). The van der Waals surface area contributed by atoms with Crippen LogP contribution >= 0.6 is 0 Å². The molecule has 108 valence electrons. The summed E-state index contributed by atoms with van der Waals surface area (Å²) >= 11 is 0. The van der Waals surface area contributed by atoms with Crippen molar-refractivity contribution in [3.8, 4) is 17.2 Å². The minimum Gasteiger partial charge on any atom is -0.435 e. The Hall–Kier alpha value is -2.02. The van der Waals surface area contributed by atoms with Gasteiger partial charge in [0.1, 0.15) is 5.75 Å². The Kier molecular flexibility index (Phi) is 4.62. The largest absolute Gasteiger partial charge is 0.435 e. The Bertz CT molecular complexity index is 558. The van der Waals surface area contributed by atoms with Gasteiger partial charge in [-0.15, -0.1) is 0 Å². The second kappa shape index (κ2) is 6.42. The van der Waals surface area contributed by atoms with Crippen molar-refractivity contribution >= 4 is 0 Å². The SMILES string of the molecule is CC(C)NCc1noc(-c2cccc(OC(F)F)c2)n1. The van der Waals surface area contributed by atoms with E-state index in [2.05, 4.69) is 20.2 Å². The summed E-state index contributed by atoms with van der Waals surface area (Å²) in [6.07, 6.45) is 0. The molecular formula is C13H15F2N3O2. The molecule has 0 fully saturated rings. The predicted octanol–water partition coefficient (Wildman–Crippen LogP) is 2.84. The zero-order valence-corrected chi connectivity index (χ0v) is 11.1. The van der Waals surface area contributed by atoms with Gasteiger partial charge in [0, 0.05) is 11.6 Å². The van der Waals surface area contributed by atoms with Crippen LogP contribution in [0.2, 0.25) is 0 Å². The fourth-order valence-electron chi connectivity index (χ4n) is 1.54. The van der Waals surface area contributed by atoms with Crippen LogP contribution in [0.1, 0.15) is 19.7 Å². The van der Waals surface area contributed by atoms with Gasteiger partial charge >= 0.3 is 6.61 Å². The first-order chi connectivity index (χ1) is 9.54. The summed E-state index contributed by atoms with van der Waals surface area (Å²) in [6, 6.07) is 6.45. The second-order valence-corrected chi connectivity index (χ2v) is 4.46. The van der Waals surface area contributed by atoms with Gasteiger partial charge in [-0.05, 0) is 18.2 Å². The molecule has 2 aromatic rings. The topological polar surface area (TPSA) is 60.2 Å². The quantitative estimate of drug-likeness (QED) is 0.883. The lowest BCUT2D eigenvalue weighted by atomic mass is 10.2. The van der Waals surface area contributed by atoms with E-state index in [1.807, 2.05) is 13.8 Å². The van der Waals surface area contributed by atoms with Crippen LogP contribution in [-0.4, -0.2) is 22.8 Å². The summed E-state index contributed by atoms with van der Waals surface area (Å²) in [4.78, 5) is 4.19. The van der Waals surface area contributed by atoms with Crippen molar-refractivity contribution in [2.24, 2.45) is 0 Å². The number of hydrogen-bond acceptors (Lipinski definition) is 5. The lowest BCUT2D eigenvalue weighted by Gasteiger charge is -2.04. The third-order valence-electron chi connectivity index (χ3n) is 2.44. The molecule has 5 nitrogen and oxygen atoms in total. The van der Waals surface area contributed by atoms with Crippen LogP contribution in [-0.2, 0) is 6.54 Å². The molecule has 20 heavy (non-hydrogen) atoms. The minimum absolute atomic E-state index is 0.0533. The van der Waals surface area contributed by atoms with E-state index in [-0.39, 0.29) is 11.6 Å². The Labute approximate surface area is 114 Å². The molecular weight excluding hydrogens is 268 g/mol. The first kappa shape index (κ1) is 14.4. The molecule has 0 unspecified atom stereocenters. The molecule has 0 saturated heterocycles. The molecule has 1 aromatic carbocycles. The Balaban J connectivity index is 2.11. The molecule has 0 aliphatic heterocycles. The van der Waals surface area contributed by atoms with Crippen LogP contribution in [0.25, 0.3) is 11.5 Å². The predicted molar refractivity (Wildman–Crippen MR) is 68.3 cm³/mol. The van der Waals surface area contributed by atoms with Crippen molar-refractivity contribution in [1.29, 1.82) is 0 Å². The molecule has 0 spiro atoms. The number of ether oxygens (including phenoxy) is 1. The molecule has 0 saturated carbocycles. The summed E-state index contributed by atoms with van der Waals surface area (Å²) in [5.74, 6) is 0.830. The van der Waals surface area contributed by atoms with Gasteiger partial charge in [0.2, 0.25) is 0 Å². The Morgan fingerprint density at radius 1 is 1.35 bits per heavy atom. The fourth-order valence-corrected chi connectivity index (χ4v) is 1.54. The van der Waals surface area contributed by atoms with Crippen LogP contribution in [0.5, 0.6) is 5.75 Å². The van der Waals surface area contributed by atoms with Gasteiger partial charge in [-0.2, -0.15) is 13.8 Å². The van der Waals surface area contributed by atoms with Gasteiger partial charge in [-0.3, -0.25) is 0 Å². The smallest absolute Gasteiger partial charge is 0.387 e. The van der Waals surface area contributed by atoms with Crippen molar-refractivity contribution in [3.05, 3.63) is 30.1 Å². The van der Waals surface area contributed by atoms with Crippen molar-refractivity contribution in [1.82, 2.24) is 15.5 Å². The summed E-state index contributed by atoms with van der Waals surface area (Å²) < 4.78 is 33.7. The zero-order valence-electron chi connectivity index (χ0n) is 11.1. The van der Waals surface area contributed by atoms with E-state index < -0.39 is 6.61 Å². The van der Waals surface area contributed by atoms with Crippen molar-refractivity contribution in [2.45, 2.75) is 33.0 Å². The van der Waals surface area contributed by atoms with E-state index in [1.165, 1.54) is 12.1 Å². The highest BCUT2D eigenvalue weighted by molar-refractivity contribution is 5.55. The average molecular weight is 283 g/mol. The Morgan fingerprint density at radius 3 is 2.85 bits per heavy atom. The molecule has 0 aliphatic rings. The highest BCUT2D eigenvalue weighted by Crippen LogP contribution is 2.23. The van der Waals surface area contributed by atoms with E-state index in [0.29, 0.717) is 24.0 Å². The minimum atomic E-state index is -2.86.